The number of rotatable bonds is 3. The summed E-state index contributed by atoms with van der Waals surface area (Å²) in [6, 6.07) is 4.55. The molecule has 1 aromatic rings. The van der Waals surface area contributed by atoms with Gasteiger partial charge in [0.15, 0.2) is 11.5 Å². The van der Waals surface area contributed by atoms with Gasteiger partial charge in [0.2, 0.25) is 6.79 Å². The number of aliphatic carboxylic acids is 1. The summed E-state index contributed by atoms with van der Waals surface area (Å²) in [6.45, 7) is 0.189. The SMILES string of the molecule is Cl.NC(CC(=O)[O-])c1ccc2c(c1)OCO2. The van der Waals surface area contributed by atoms with E-state index in [9.17, 15) is 9.90 Å². The molecular formula is C10H11ClNO4-. The fourth-order valence-corrected chi connectivity index (χ4v) is 1.44. The number of carbonyl (C=O) groups is 1. The molecule has 0 aromatic heterocycles. The maximum absolute atomic E-state index is 10.4. The summed E-state index contributed by atoms with van der Waals surface area (Å²) in [7, 11) is 0. The highest BCUT2D eigenvalue weighted by atomic mass is 35.5. The fraction of sp³-hybridized carbons (Fsp3) is 0.300. The predicted molar refractivity (Wildman–Crippen MR) is 56.4 cm³/mol. The Morgan fingerprint density at radius 3 is 2.81 bits per heavy atom. The number of benzene rings is 1. The molecular weight excluding hydrogens is 234 g/mol. The molecule has 2 N–H and O–H groups in total. The molecule has 0 amide bonds. The van der Waals surface area contributed by atoms with Crippen LogP contribution in [0.5, 0.6) is 11.5 Å². The van der Waals surface area contributed by atoms with E-state index in [0.29, 0.717) is 17.1 Å². The second kappa shape index (κ2) is 5.05. The minimum atomic E-state index is -1.17. The molecule has 5 nitrogen and oxygen atoms in total. The molecule has 1 heterocycles. The maximum atomic E-state index is 10.4. The zero-order valence-electron chi connectivity index (χ0n) is 8.34. The molecule has 0 fully saturated rings. The maximum Gasteiger partial charge on any atom is 0.231 e. The lowest BCUT2D eigenvalue weighted by Gasteiger charge is -2.12. The minimum absolute atomic E-state index is 0. The van der Waals surface area contributed by atoms with Crippen molar-refractivity contribution in [2.24, 2.45) is 5.73 Å². The first kappa shape index (κ1) is 12.6. The molecule has 1 atom stereocenters. The van der Waals surface area contributed by atoms with Crippen molar-refractivity contribution < 1.29 is 19.4 Å². The van der Waals surface area contributed by atoms with E-state index in [0.717, 1.165) is 0 Å². The van der Waals surface area contributed by atoms with Crippen molar-refractivity contribution in [1.29, 1.82) is 0 Å². The minimum Gasteiger partial charge on any atom is -0.550 e. The quantitative estimate of drug-likeness (QED) is 0.808. The Kier molecular flexibility index (Phi) is 3.98. The second-order valence-corrected chi connectivity index (χ2v) is 3.30. The molecule has 0 saturated carbocycles. The smallest absolute Gasteiger partial charge is 0.231 e. The largest absolute Gasteiger partial charge is 0.550 e. The molecule has 0 spiro atoms. The highest BCUT2D eigenvalue weighted by Crippen LogP contribution is 2.34. The molecule has 2 rings (SSSR count). The van der Waals surface area contributed by atoms with Crippen LogP contribution in [0.25, 0.3) is 0 Å². The molecule has 6 heteroatoms. The predicted octanol–water partition coefficient (Wildman–Crippen LogP) is -0.0231. The van der Waals surface area contributed by atoms with Crippen LogP contribution in [0.3, 0.4) is 0 Å². The molecule has 1 aliphatic rings. The molecule has 1 aliphatic heterocycles. The topological polar surface area (TPSA) is 84.6 Å². The lowest BCUT2D eigenvalue weighted by atomic mass is 10.0. The van der Waals surface area contributed by atoms with Gasteiger partial charge < -0.3 is 25.1 Å². The summed E-state index contributed by atoms with van der Waals surface area (Å²) in [6.07, 6.45) is -0.209. The van der Waals surface area contributed by atoms with Crippen LogP contribution < -0.4 is 20.3 Å². The van der Waals surface area contributed by atoms with Crippen LogP contribution in [0.15, 0.2) is 18.2 Å². The third-order valence-corrected chi connectivity index (χ3v) is 2.21. The van der Waals surface area contributed by atoms with Crippen LogP contribution in [0.1, 0.15) is 18.0 Å². The molecule has 88 valence electrons. The van der Waals surface area contributed by atoms with Gasteiger partial charge in [0, 0.05) is 18.4 Å². The Labute approximate surface area is 98.6 Å². The third kappa shape index (κ3) is 2.56. The van der Waals surface area contributed by atoms with E-state index in [1.54, 1.807) is 18.2 Å². The van der Waals surface area contributed by atoms with Crippen LogP contribution in [-0.2, 0) is 4.79 Å². The second-order valence-electron chi connectivity index (χ2n) is 3.30. The zero-order valence-corrected chi connectivity index (χ0v) is 9.16. The van der Waals surface area contributed by atoms with Crippen LogP contribution in [-0.4, -0.2) is 12.8 Å². The van der Waals surface area contributed by atoms with Crippen molar-refractivity contribution >= 4 is 18.4 Å². The van der Waals surface area contributed by atoms with Gasteiger partial charge in [-0.25, -0.2) is 0 Å². The van der Waals surface area contributed by atoms with Crippen molar-refractivity contribution in [3.05, 3.63) is 23.8 Å². The number of carboxylic acid groups (broad SMARTS) is 1. The number of carboxylic acids is 1. The Balaban J connectivity index is 0.00000128. The lowest BCUT2D eigenvalue weighted by Crippen LogP contribution is -2.27. The van der Waals surface area contributed by atoms with Crippen molar-refractivity contribution in [3.8, 4) is 11.5 Å². The number of nitrogens with two attached hydrogens (primary N) is 1. The van der Waals surface area contributed by atoms with Crippen molar-refractivity contribution in [2.75, 3.05) is 6.79 Å². The number of hydrogen-bond acceptors (Lipinski definition) is 5. The van der Waals surface area contributed by atoms with Gasteiger partial charge in [-0.2, -0.15) is 0 Å². The van der Waals surface area contributed by atoms with Crippen LogP contribution >= 0.6 is 12.4 Å². The Morgan fingerprint density at radius 1 is 1.44 bits per heavy atom. The number of hydrogen-bond donors (Lipinski definition) is 1. The van der Waals surface area contributed by atoms with Crippen molar-refractivity contribution in [1.82, 2.24) is 0 Å². The first-order valence-corrected chi connectivity index (χ1v) is 4.52. The molecule has 1 aromatic carbocycles. The molecule has 0 bridgehead atoms. The number of halogens is 1. The van der Waals surface area contributed by atoms with Gasteiger partial charge in [0.25, 0.3) is 0 Å². The first-order valence-electron chi connectivity index (χ1n) is 4.52. The highest BCUT2D eigenvalue weighted by Gasteiger charge is 2.15. The normalized spacial score (nSPS) is 14.1. The summed E-state index contributed by atoms with van der Waals surface area (Å²) < 4.78 is 10.3. The lowest BCUT2D eigenvalue weighted by molar-refractivity contribution is -0.306. The Hall–Kier alpha value is -1.46. The van der Waals surface area contributed by atoms with E-state index in [-0.39, 0.29) is 25.6 Å². The average Bonchev–Trinajstić information content (AvgIpc) is 2.62. The van der Waals surface area contributed by atoms with Gasteiger partial charge in [0.1, 0.15) is 0 Å². The van der Waals surface area contributed by atoms with E-state index in [1.807, 2.05) is 0 Å². The van der Waals surface area contributed by atoms with Gasteiger partial charge in [-0.15, -0.1) is 12.4 Å². The molecule has 16 heavy (non-hydrogen) atoms. The van der Waals surface area contributed by atoms with E-state index in [4.69, 9.17) is 15.2 Å². The molecule has 0 radical (unpaired) electrons. The summed E-state index contributed by atoms with van der Waals surface area (Å²) in [4.78, 5) is 10.4. The summed E-state index contributed by atoms with van der Waals surface area (Å²) in [5, 5.41) is 10.4. The first-order chi connectivity index (χ1) is 7.16. The number of carbonyl (C=O) groups excluding carboxylic acids is 1. The number of ether oxygens (including phenoxy) is 2. The Bertz CT molecular complexity index is 396. The van der Waals surface area contributed by atoms with E-state index in [2.05, 4.69) is 0 Å². The Morgan fingerprint density at radius 2 is 2.12 bits per heavy atom. The monoisotopic (exact) mass is 244 g/mol. The van der Waals surface area contributed by atoms with Crippen molar-refractivity contribution in [2.45, 2.75) is 12.5 Å². The highest BCUT2D eigenvalue weighted by molar-refractivity contribution is 5.85. The average molecular weight is 245 g/mol. The summed E-state index contributed by atoms with van der Waals surface area (Å²) >= 11 is 0. The van der Waals surface area contributed by atoms with E-state index in [1.165, 1.54) is 0 Å². The van der Waals surface area contributed by atoms with Crippen molar-refractivity contribution in [3.63, 3.8) is 0 Å². The van der Waals surface area contributed by atoms with Gasteiger partial charge in [-0.1, -0.05) is 6.07 Å². The molecule has 0 aliphatic carbocycles. The van der Waals surface area contributed by atoms with Gasteiger partial charge >= 0.3 is 0 Å². The van der Waals surface area contributed by atoms with Crippen LogP contribution in [0, 0.1) is 0 Å². The van der Waals surface area contributed by atoms with Crippen LogP contribution in [0.4, 0.5) is 0 Å². The van der Waals surface area contributed by atoms with E-state index >= 15 is 0 Å². The zero-order chi connectivity index (χ0) is 10.8. The van der Waals surface area contributed by atoms with E-state index < -0.39 is 12.0 Å². The molecule has 0 saturated heterocycles. The van der Waals surface area contributed by atoms with Crippen LogP contribution in [0.2, 0.25) is 0 Å². The number of fused-ring (bicyclic) bond motifs is 1. The van der Waals surface area contributed by atoms with Gasteiger partial charge in [-0.05, 0) is 17.7 Å². The summed E-state index contributed by atoms with van der Waals surface area (Å²) in [5.74, 6) is 0.0841. The van der Waals surface area contributed by atoms with Gasteiger partial charge in [0.05, 0.1) is 0 Å². The molecule has 1 unspecified atom stereocenters. The standard InChI is InChI=1S/C10H11NO4.ClH/c11-7(4-10(12)13)6-1-2-8-9(3-6)15-5-14-8;/h1-3,7H,4-5,11H2,(H,12,13);1H/p-1. The fourth-order valence-electron chi connectivity index (χ4n) is 1.44. The van der Waals surface area contributed by atoms with Gasteiger partial charge in [-0.3, -0.25) is 0 Å². The summed E-state index contributed by atoms with van der Waals surface area (Å²) in [5.41, 5.74) is 6.37. The third-order valence-electron chi connectivity index (χ3n) is 2.21.